The maximum Gasteiger partial charge on any atom is 0.167 e. The molecule has 1 aromatic heterocycles. The molecular weight excluding hydrogens is 242 g/mol. The Morgan fingerprint density at radius 3 is 2.84 bits per heavy atom. The van der Waals surface area contributed by atoms with E-state index in [0.29, 0.717) is 6.61 Å². The Kier molecular flexibility index (Phi) is 4.85. The van der Waals surface area contributed by atoms with E-state index < -0.39 is 0 Å². The first-order chi connectivity index (χ1) is 9.31. The SMILES string of the molecule is CNC(C)c1nnnn1CCCOc1ccccc1. The molecule has 102 valence electrons. The number of rotatable bonds is 7. The van der Waals surface area contributed by atoms with Crippen LogP contribution in [-0.2, 0) is 6.54 Å². The van der Waals surface area contributed by atoms with Gasteiger partial charge in [0.25, 0.3) is 0 Å². The molecule has 1 unspecified atom stereocenters. The number of aryl methyl sites for hydroxylation is 1. The lowest BCUT2D eigenvalue weighted by Gasteiger charge is -2.10. The van der Waals surface area contributed by atoms with Gasteiger partial charge in [-0.1, -0.05) is 18.2 Å². The van der Waals surface area contributed by atoms with Crippen molar-refractivity contribution in [3.05, 3.63) is 36.2 Å². The first-order valence-corrected chi connectivity index (χ1v) is 6.42. The van der Waals surface area contributed by atoms with E-state index in [1.807, 2.05) is 49.0 Å². The van der Waals surface area contributed by atoms with Gasteiger partial charge in [-0.25, -0.2) is 4.68 Å². The molecule has 6 heteroatoms. The molecule has 6 nitrogen and oxygen atoms in total. The molecule has 0 spiro atoms. The summed E-state index contributed by atoms with van der Waals surface area (Å²) in [5.74, 6) is 1.74. The summed E-state index contributed by atoms with van der Waals surface area (Å²) in [4.78, 5) is 0. The van der Waals surface area contributed by atoms with Crippen molar-refractivity contribution in [3.63, 3.8) is 0 Å². The monoisotopic (exact) mass is 261 g/mol. The fraction of sp³-hybridized carbons (Fsp3) is 0.462. The Hall–Kier alpha value is -1.95. The summed E-state index contributed by atoms with van der Waals surface area (Å²) in [6, 6.07) is 9.94. The van der Waals surface area contributed by atoms with Gasteiger partial charge in [0.15, 0.2) is 5.82 Å². The third kappa shape index (κ3) is 3.75. The molecule has 0 saturated carbocycles. The average Bonchev–Trinajstić information content (AvgIpc) is 2.92. The van der Waals surface area contributed by atoms with Crippen molar-refractivity contribution >= 4 is 0 Å². The first-order valence-electron chi connectivity index (χ1n) is 6.42. The van der Waals surface area contributed by atoms with Crippen LogP contribution in [0, 0.1) is 0 Å². The minimum Gasteiger partial charge on any atom is -0.494 e. The second kappa shape index (κ2) is 6.84. The largest absolute Gasteiger partial charge is 0.494 e. The lowest BCUT2D eigenvalue weighted by atomic mass is 10.3. The summed E-state index contributed by atoms with van der Waals surface area (Å²) in [7, 11) is 1.89. The molecule has 2 rings (SSSR count). The van der Waals surface area contributed by atoms with Gasteiger partial charge in [0, 0.05) is 13.0 Å². The normalized spacial score (nSPS) is 12.3. The summed E-state index contributed by atoms with van der Waals surface area (Å²) in [5.41, 5.74) is 0. The summed E-state index contributed by atoms with van der Waals surface area (Å²) in [6.45, 7) is 3.43. The second-order valence-electron chi connectivity index (χ2n) is 4.29. The third-order valence-corrected chi connectivity index (χ3v) is 2.91. The Bertz CT molecular complexity index is 485. The maximum atomic E-state index is 5.63. The summed E-state index contributed by atoms with van der Waals surface area (Å²) in [6.07, 6.45) is 0.864. The number of nitrogens with zero attached hydrogens (tertiary/aromatic N) is 4. The van der Waals surface area contributed by atoms with Gasteiger partial charge in [0.1, 0.15) is 5.75 Å². The van der Waals surface area contributed by atoms with Crippen molar-refractivity contribution in [1.29, 1.82) is 0 Å². The predicted molar refractivity (Wildman–Crippen MR) is 71.8 cm³/mol. The van der Waals surface area contributed by atoms with Gasteiger partial charge in [-0.15, -0.1) is 5.10 Å². The minimum absolute atomic E-state index is 0.144. The van der Waals surface area contributed by atoms with Crippen LogP contribution in [0.15, 0.2) is 30.3 Å². The molecule has 1 N–H and O–H groups in total. The average molecular weight is 261 g/mol. The van der Waals surface area contributed by atoms with E-state index >= 15 is 0 Å². The maximum absolute atomic E-state index is 5.63. The van der Waals surface area contributed by atoms with Crippen molar-refractivity contribution in [1.82, 2.24) is 25.5 Å². The van der Waals surface area contributed by atoms with Gasteiger partial charge < -0.3 is 10.1 Å². The smallest absolute Gasteiger partial charge is 0.167 e. The van der Waals surface area contributed by atoms with Crippen LogP contribution >= 0.6 is 0 Å². The van der Waals surface area contributed by atoms with Crippen molar-refractivity contribution in [2.24, 2.45) is 0 Å². The van der Waals surface area contributed by atoms with Crippen LogP contribution in [-0.4, -0.2) is 33.9 Å². The highest BCUT2D eigenvalue weighted by Gasteiger charge is 2.11. The number of nitrogens with one attached hydrogen (secondary N) is 1. The van der Waals surface area contributed by atoms with Gasteiger partial charge in [-0.05, 0) is 36.5 Å². The van der Waals surface area contributed by atoms with E-state index in [9.17, 15) is 0 Å². The van der Waals surface area contributed by atoms with E-state index in [0.717, 1.165) is 24.5 Å². The van der Waals surface area contributed by atoms with E-state index in [2.05, 4.69) is 20.8 Å². The van der Waals surface area contributed by atoms with E-state index in [-0.39, 0.29) is 6.04 Å². The van der Waals surface area contributed by atoms with E-state index in [1.165, 1.54) is 0 Å². The molecule has 0 radical (unpaired) electrons. The number of aromatic nitrogens is 4. The summed E-state index contributed by atoms with van der Waals surface area (Å²) in [5, 5.41) is 14.9. The van der Waals surface area contributed by atoms with Crippen LogP contribution in [0.2, 0.25) is 0 Å². The fourth-order valence-corrected chi connectivity index (χ4v) is 1.73. The van der Waals surface area contributed by atoms with Crippen LogP contribution in [0.1, 0.15) is 25.2 Å². The molecule has 0 aliphatic rings. The van der Waals surface area contributed by atoms with Crippen LogP contribution in [0.25, 0.3) is 0 Å². The molecular formula is C13H19N5O. The molecule has 0 aliphatic heterocycles. The Morgan fingerprint density at radius 2 is 2.11 bits per heavy atom. The van der Waals surface area contributed by atoms with Crippen LogP contribution in [0.5, 0.6) is 5.75 Å². The minimum atomic E-state index is 0.144. The molecule has 0 amide bonds. The van der Waals surface area contributed by atoms with Crippen LogP contribution < -0.4 is 10.1 Å². The lowest BCUT2D eigenvalue weighted by Crippen LogP contribution is -2.19. The number of para-hydroxylation sites is 1. The lowest BCUT2D eigenvalue weighted by molar-refractivity contribution is 0.296. The summed E-state index contributed by atoms with van der Waals surface area (Å²) >= 11 is 0. The van der Waals surface area contributed by atoms with Gasteiger partial charge in [-0.2, -0.15) is 0 Å². The second-order valence-corrected chi connectivity index (χ2v) is 4.29. The molecule has 0 bridgehead atoms. The Morgan fingerprint density at radius 1 is 1.32 bits per heavy atom. The number of ether oxygens (including phenoxy) is 1. The third-order valence-electron chi connectivity index (χ3n) is 2.91. The Labute approximate surface area is 112 Å². The van der Waals surface area contributed by atoms with Crippen molar-refractivity contribution in [3.8, 4) is 5.75 Å². The number of benzene rings is 1. The van der Waals surface area contributed by atoms with E-state index in [4.69, 9.17) is 4.74 Å². The van der Waals surface area contributed by atoms with Gasteiger partial charge in [-0.3, -0.25) is 0 Å². The highest BCUT2D eigenvalue weighted by Crippen LogP contribution is 2.10. The quantitative estimate of drug-likeness (QED) is 0.764. The molecule has 0 fully saturated rings. The molecule has 1 aromatic carbocycles. The highest BCUT2D eigenvalue weighted by molar-refractivity contribution is 5.20. The van der Waals surface area contributed by atoms with Crippen molar-refractivity contribution in [2.75, 3.05) is 13.7 Å². The molecule has 0 aliphatic carbocycles. The van der Waals surface area contributed by atoms with Gasteiger partial charge in [0.2, 0.25) is 0 Å². The fourth-order valence-electron chi connectivity index (χ4n) is 1.73. The topological polar surface area (TPSA) is 64.9 Å². The van der Waals surface area contributed by atoms with Crippen LogP contribution in [0.3, 0.4) is 0 Å². The molecule has 19 heavy (non-hydrogen) atoms. The number of hydrogen-bond donors (Lipinski definition) is 1. The van der Waals surface area contributed by atoms with E-state index in [1.54, 1.807) is 0 Å². The number of hydrogen-bond acceptors (Lipinski definition) is 5. The predicted octanol–water partition coefficient (Wildman–Crippen LogP) is 1.42. The molecule has 1 heterocycles. The first kappa shape index (κ1) is 13.5. The Balaban J connectivity index is 1.78. The summed E-state index contributed by atoms with van der Waals surface area (Å²) < 4.78 is 7.45. The zero-order chi connectivity index (χ0) is 13.5. The highest BCUT2D eigenvalue weighted by atomic mass is 16.5. The zero-order valence-electron chi connectivity index (χ0n) is 11.3. The molecule has 1 atom stereocenters. The standard InChI is InChI=1S/C13H19N5O/c1-11(14-2)13-15-16-17-18(13)9-6-10-19-12-7-4-3-5-8-12/h3-5,7-8,11,14H,6,9-10H2,1-2H3. The molecule has 2 aromatic rings. The number of tetrazole rings is 1. The van der Waals surface area contributed by atoms with Gasteiger partial charge >= 0.3 is 0 Å². The van der Waals surface area contributed by atoms with Crippen molar-refractivity contribution < 1.29 is 4.74 Å². The van der Waals surface area contributed by atoms with Gasteiger partial charge in [0.05, 0.1) is 12.6 Å². The molecule has 0 saturated heterocycles. The van der Waals surface area contributed by atoms with Crippen LogP contribution in [0.4, 0.5) is 0 Å². The van der Waals surface area contributed by atoms with Crippen molar-refractivity contribution in [2.45, 2.75) is 25.9 Å². The zero-order valence-corrected chi connectivity index (χ0v) is 11.3.